The zero-order valence-corrected chi connectivity index (χ0v) is 9.95. The van der Waals surface area contributed by atoms with E-state index in [1.807, 2.05) is 22.9 Å². The first-order valence-electron chi connectivity index (χ1n) is 5.94. The first kappa shape index (κ1) is 11.0. The molecule has 0 aliphatic carbocycles. The third-order valence-corrected chi connectivity index (χ3v) is 3.03. The van der Waals surface area contributed by atoms with Crippen molar-refractivity contribution in [1.82, 2.24) is 9.55 Å². The Kier molecular flexibility index (Phi) is 2.82. The van der Waals surface area contributed by atoms with E-state index in [-0.39, 0.29) is 6.61 Å². The van der Waals surface area contributed by atoms with E-state index in [0.29, 0.717) is 5.69 Å². The molecule has 0 aliphatic heterocycles. The highest BCUT2D eigenvalue weighted by Crippen LogP contribution is 2.16. The predicted octanol–water partition coefficient (Wildman–Crippen LogP) is 2.58. The van der Waals surface area contributed by atoms with Gasteiger partial charge in [0.15, 0.2) is 0 Å². The molecule has 3 heteroatoms. The predicted molar refractivity (Wildman–Crippen MR) is 71.2 cm³/mol. The molecule has 2 aromatic carbocycles. The van der Waals surface area contributed by atoms with Crippen LogP contribution in [-0.4, -0.2) is 14.7 Å². The molecule has 1 heterocycles. The van der Waals surface area contributed by atoms with Crippen LogP contribution < -0.4 is 0 Å². The van der Waals surface area contributed by atoms with Gasteiger partial charge in [0.1, 0.15) is 0 Å². The van der Waals surface area contributed by atoms with Crippen LogP contribution >= 0.6 is 0 Å². The van der Waals surface area contributed by atoms with E-state index >= 15 is 0 Å². The van der Waals surface area contributed by atoms with E-state index in [4.69, 9.17) is 5.11 Å². The topological polar surface area (TPSA) is 38.0 Å². The summed E-state index contributed by atoms with van der Waals surface area (Å²) in [7, 11) is 0. The molecule has 1 N–H and O–H groups in total. The highest BCUT2D eigenvalue weighted by Gasteiger charge is 2.00. The summed E-state index contributed by atoms with van der Waals surface area (Å²) in [6.07, 6.45) is 3.62. The quantitative estimate of drug-likeness (QED) is 0.761. The summed E-state index contributed by atoms with van der Waals surface area (Å²) in [5.74, 6) is 0. The number of hydrogen-bond donors (Lipinski definition) is 1. The van der Waals surface area contributed by atoms with E-state index < -0.39 is 0 Å². The molecule has 1 aromatic heterocycles. The second-order valence-electron chi connectivity index (χ2n) is 4.38. The van der Waals surface area contributed by atoms with Crippen molar-refractivity contribution >= 4 is 10.8 Å². The Hall–Kier alpha value is -2.13. The Bertz CT molecular complexity index is 673. The highest BCUT2D eigenvalue weighted by atomic mass is 16.3. The maximum Gasteiger partial charge on any atom is 0.0953 e. The molecule has 0 saturated carbocycles. The second kappa shape index (κ2) is 4.63. The van der Waals surface area contributed by atoms with Gasteiger partial charge in [-0.3, -0.25) is 0 Å². The number of imidazole rings is 1. The van der Waals surface area contributed by atoms with Gasteiger partial charge in [-0.05, 0) is 22.4 Å². The largest absolute Gasteiger partial charge is 0.390 e. The fraction of sp³-hybridized carbons (Fsp3) is 0.133. The molecular formula is C15H14N2O. The van der Waals surface area contributed by atoms with E-state index in [0.717, 1.165) is 6.54 Å². The average Bonchev–Trinajstić information content (AvgIpc) is 2.86. The van der Waals surface area contributed by atoms with Crippen LogP contribution in [0.3, 0.4) is 0 Å². The van der Waals surface area contributed by atoms with Crippen molar-refractivity contribution in [2.75, 3.05) is 0 Å². The van der Waals surface area contributed by atoms with Crippen molar-refractivity contribution in [3.05, 3.63) is 66.2 Å². The number of hydrogen-bond acceptors (Lipinski definition) is 2. The Morgan fingerprint density at radius 2 is 1.89 bits per heavy atom. The highest BCUT2D eigenvalue weighted by molar-refractivity contribution is 5.82. The number of aromatic nitrogens is 2. The van der Waals surface area contributed by atoms with Crippen LogP contribution in [-0.2, 0) is 13.2 Å². The summed E-state index contributed by atoms with van der Waals surface area (Å²) in [5.41, 5.74) is 1.94. The number of aliphatic hydroxyl groups excluding tert-OH is 1. The number of fused-ring (bicyclic) bond motifs is 1. The van der Waals surface area contributed by atoms with Crippen molar-refractivity contribution < 1.29 is 5.11 Å². The van der Waals surface area contributed by atoms with Gasteiger partial charge in [-0.15, -0.1) is 0 Å². The minimum absolute atomic E-state index is 0.00921. The molecule has 90 valence electrons. The number of rotatable bonds is 3. The molecule has 3 nitrogen and oxygen atoms in total. The molecule has 18 heavy (non-hydrogen) atoms. The van der Waals surface area contributed by atoms with Crippen molar-refractivity contribution in [2.45, 2.75) is 13.2 Å². The van der Waals surface area contributed by atoms with Gasteiger partial charge in [-0.25, -0.2) is 4.98 Å². The summed E-state index contributed by atoms with van der Waals surface area (Å²) in [6, 6.07) is 14.8. The lowest BCUT2D eigenvalue weighted by molar-refractivity contribution is 0.277. The van der Waals surface area contributed by atoms with Crippen molar-refractivity contribution in [2.24, 2.45) is 0 Å². The van der Waals surface area contributed by atoms with Crippen molar-refractivity contribution in [3.63, 3.8) is 0 Å². The van der Waals surface area contributed by atoms with Crippen LogP contribution in [0, 0.1) is 0 Å². The van der Waals surface area contributed by atoms with Crippen LogP contribution in [0.4, 0.5) is 0 Å². The maximum atomic E-state index is 8.98. The first-order chi connectivity index (χ1) is 8.85. The van der Waals surface area contributed by atoms with Gasteiger partial charge in [-0.1, -0.05) is 36.4 Å². The zero-order valence-electron chi connectivity index (χ0n) is 9.95. The Labute approximate surface area is 105 Å². The maximum absolute atomic E-state index is 8.98. The molecule has 3 rings (SSSR count). The SMILES string of the molecule is OCc1cn(Cc2ccc3ccccc3c2)cn1. The zero-order chi connectivity index (χ0) is 12.4. The van der Waals surface area contributed by atoms with Crippen molar-refractivity contribution in [1.29, 1.82) is 0 Å². The lowest BCUT2D eigenvalue weighted by Crippen LogP contribution is -1.96. The van der Waals surface area contributed by atoms with E-state index in [1.165, 1.54) is 16.3 Å². The van der Waals surface area contributed by atoms with Gasteiger partial charge in [0.25, 0.3) is 0 Å². The molecule has 0 atom stereocenters. The summed E-state index contributed by atoms with van der Waals surface area (Å²) >= 11 is 0. The number of nitrogens with zero attached hydrogens (tertiary/aromatic N) is 2. The van der Waals surface area contributed by atoms with Gasteiger partial charge >= 0.3 is 0 Å². The fourth-order valence-corrected chi connectivity index (χ4v) is 2.12. The smallest absolute Gasteiger partial charge is 0.0953 e. The second-order valence-corrected chi connectivity index (χ2v) is 4.38. The third kappa shape index (κ3) is 2.13. The van der Waals surface area contributed by atoms with E-state index in [9.17, 15) is 0 Å². The Balaban J connectivity index is 1.90. The summed E-state index contributed by atoms with van der Waals surface area (Å²) in [6.45, 7) is 0.766. The number of aliphatic hydroxyl groups is 1. The van der Waals surface area contributed by atoms with Crippen LogP contribution in [0.5, 0.6) is 0 Å². The molecule has 0 radical (unpaired) electrons. The first-order valence-corrected chi connectivity index (χ1v) is 5.94. The fourth-order valence-electron chi connectivity index (χ4n) is 2.12. The summed E-state index contributed by atoms with van der Waals surface area (Å²) < 4.78 is 1.98. The van der Waals surface area contributed by atoms with Gasteiger partial charge in [0, 0.05) is 12.7 Å². The molecule has 3 aromatic rings. The molecule has 0 spiro atoms. The van der Waals surface area contributed by atoms with Gasteiger partial charge in [-0.2, -0.15) is 0 Å². The Morgan fingerprint density at radius 3 is 2.67 bits per heavy atom. The Morgan fingerprint density at radius 1 is 1.06 bits per heavy atom. The van der Waals surface area contributed by atoms with Crippen LogP contribution in [0.25, 0.3) is 10.8 Å². The molecule has 0 fully saturated rings. The van der Waals surface area contributed by atoms with Gasteiger partial charge in [0.05, 0.1) is 18.6 Å². The normalized spacial score (nSPS) is 10.9. The molecule has 0 amide bonds. The van der Waals surface area contributed by atoms with Crippen molar-refractivity contribution in [3.8, 4) is 0 Å². The molecule has 0 saturated heterocycles. The standard InChI is InChI=1S/C15H14N2O/c18-10-15-9-17(11-16-15)8-12-5-6-13-3-1-2-4-14(13)7-12/h1-7,9,11,18H,8,10H2. The third-order valence-electron chi connectivity index (χ3n) is 3.03. The minimum atomic E-state index is -0.00921. The van der Waals surface area contributed by atoms with Gasteiger partial charge < -0.3 is 9.67 Å². The molecular weight excluding hydrogens is 224 g/mol. The number of benzene rings is 2. The molecule has 0 aliphatic rings. The van der Waals surface area contributed by atoms with Gasteiger partial charge in [0.2, 0.25) is 0 Å². The van der Waals surface area contributed by atoms with E-state index in [1.54, 1.807) is 6.33 Å². The lowest BCUT2D eigenvalue weighted by Gasteiger charge is -2.04. The van der Waals surface area contributed by atoms with Crippen LogP contribution in [0.15, 0.2) is 55.0 Å². The summed E-state index contributed by atoms with van der Waals surface area (Å²) in [4.78, 5) is 4.11. The van der Waals surface area contributed by atoms with E-state index in [2.05, 4.69) is 35.3 Å². The monoisotopic (exact) mass is 238 g/mol. The lowest BCUT2D eigenvalue weighted by atomic mass is 10.1. The van der Waals surface area contributed by atoms with Crippen LogP contribution in [0.1, 0.15) is 11.3 Å². The minimum Gasteiger partial charge on any atom is -0.390 e. The van der Waals surface area contributed by atoms with Crippen LogP contribution in [0.2, 0.25) is 0 Å². The molecule has 0 unspecified atom stereocenters. The molecule has 0 bridgehead atoms. The summed E-state index contributed by atoms with van der Waals surface area (Å²) in [5, 5.41) is 11.5. The average molecular weight is 238 g/mol.